The number of hydrogen-bond acceptors (Lipinski definition) is 9. The van der Waals surface area contributed by atoms with E-state index in [4.69, 9.17) is 14.1 Å². The molecule has 2 amide bonds. The first kappa shape index (κ1) is 32.1. The Balaban J connectivity index is 1.45. The van der Waals surface area contributed by atoms with Gasteiger partial charge in [0.25, 0.3) is 11.8 Å². The summed E-state index contributed by atoms with van der Waals surface area (Å²) in [6.45, 7) is 10.2. The summed E-state index contributed by atoms with van der Waals surface area (Å²) in [4.78, 5) is 38.9. The van der Waals surface area contributed by atoms with Crippen molar-refractivity contribution in [1.82, 2.24) is 24.8 Å². The summed E-state index contributed by atoms with van der Waals surface area (Å²) in [6, 6.07) is 11.8. The lowest BCUT2D eigenvalue weighted by molar-refractivity contribution is -0.127. The monoisotopic (exact) mass is 629 g/mol. The van der Waals surface area contributed by atoms with Gasteiger partial charge in [-0.2, -0.15) is 5.26 Å². The van der Waals surface area contributed by atoms with Gasteiger partial charge in [-0.1, -0.05) is 32.9 Å². The van der Waals surface area contributed by atoms with Crippen LogP contribution >= 0.6 is 11.3 Å². The smallest absolute Gasteiger partial charge is 0.268 e. The minimum Gasteiger partial charge on any atom is -0.443 e. The van der Waals surface area contributed by atoms with Gasteiger partial charge in [-0.15, -0.1) is 11.3 Å². The number of rotatable bonds is 11. The summed E-state index contributed by atoms with van der Waals surface area (Å²) >= 11 is 1.30. The van der Waals surface area contributed by atoms with E-state index in [1.807, 2.05) is 49.6 Å². The molecule has 11 nitrogen and oxygen atoms in total. The number of hydrogen-bond donors (Lipinski definition) is 2. The van der Waals surface area contributed by atoms with Crippen LogP contribution in [0.25, 0.3) is 21.7 Å². The third-order valence-corrected chi connectivity index (χ3v) is 8.67. The maximum Gasteiger partial charge on any atom is 0.268 e. The third kappa shape index (κ3) is 7.68. The molecule has 0 spiro atoms. The fourth-order valence-electron chi connectivity index (χ4n) is 5.49. The number of likely N-dealkylation sites (tertiary alicyclic amines) is 1. The molecule has 5 rings (SSSR count). The number of anilines is 1. The molecule has 0 aliphatic carbocycles. The van der Waals surface area contributed by atoms with Crippen LogP contribution in [0.4, 0.5) is 5.95 Å². The summed E-state index contributed by atoms with van der Waals surface area (Å²) < 4.78 is 12.6. The number of methoxy groups -OCH3 is 1. The van der Waals surface area contributed by atoms with Gasteiger partial charge in [-0.3, -0.25) is 14.9 Å². The van der Waals surface area contributed by atoms with E-state index in [1.54, 1.807) is 30.3 Å². The standard InChI is InChI=1S/C33H39N7O4S/c1-21(19-43-5)36-16-22-8-9-26-25(13-22)37-32(38-30(41)29-11-10-28(45-29)27-17-35-20-44-27)40(26)18-24-7-6-12-39(24)31(42)23(15-34)14-33(2,3)4/h8-11,13-14,17,20-21,24,36H,6-7,12,16,18-19H2,1-5H3,(H,37,38,41)/t21?,24-/m1/s1. The van der Waals surface area contributed by atoms with Crippen LogP contribution in [-0.2, 0) is 22.6 Å². The molecule has 1 aromatic carbocycles. The summed E-state index contributed by atoms with van der Waals surface area (Å²) in [7, 11) is 1.68. The van der Waals surface area contributed by atoms with Crippen molar-refractivity contribution in [2.45, 2.75) is 65.7 Å². The fraction of sp³-hybridized carbons (Fsp3) is 0.424. The first-order valence-electron chi connectivity index (χ1n) is 15.0. The number of carbonyl (C=O) groups excluding carboxylic acids is 2. The van der Waals surface area contributed by atoms with Crippen molar-refractivity contribution >= 4 is 40.1 Å². The molecule has 0 radical (unpaired) electrons. The van der Waals surface area contributed by atoms with Gasteiger partial charge in [-0.25, -0.2) is 9.97 Å². The molecule has 4 heterocycles. The number of fused-ring (bicyclic) bond motifs is 1. The van der Waals surface area contributed by atoms with Gasteiger partial charge in [0.05, 0.1) is 39.6 Å². The first-order valence-corrected chi connectivity index (χ1v) is 15.8. The average molecular weight is 630 g/mol. The van der Waals surface area contributed by atoms with Crippen LogP contribution in [-0.4, -0.2) is 63.6 Å². The number of nitrogens with one attached hydrogen (secondary N) is 2. The molecule has 2 atom stereocenters. The number of nitrogens with zero attached hydrogens (tertiary/aromatic N) is 5. The van der Waals surface area contributed by atoms with Gasteiger partial charge < -0.3 is 23.9 Å². The number of allylic oxidation sites excluding steroid dienone is 1. The number of thiophene rings is 1. The van der Waals surface area contributed by atoms with Crippen molar-refractivity contribution in [2.75, 3.05) is 25.6 Å². The van der Waals surface area contributed by atoms with E-state index in [0.717, 1.165) is 34.3 Å². The Kier molecular flexibility index (Phi) is 9.82. The van der Waals surface area contributed by atoms with Crippen molar-refractivity contribution < 1.29 is 18.7 Å². The Labute approximate surface area is 266 Å². The van der Waals surface area contributed by atoms with Crippen molar-refractivity contribution in [1.29, 1.82) is 5.26 Å². The average Bonchev–Trinajstić information content (AvgIpc) is 3.81. The molecule has 0 bridgehead atoms. The van der Waals surface area contributed by atoms with Gasteiger partial charge in [0.15, 0.2) is 12.2 Å². The second-order valence-electron chi connectivity index (χ2n) is 12.4. The number of amides is 2. The lowest BCUT2D eigenvalue weighted by Gasteiger charge is -2.26. The van der Waals surface area contributed by atoms with E-state index in [-0.39, 0.29) is 34.9 Å². The molecule has 1 unspecified atom stereocenters. The molecule has 1 aliphatic heterocycles. The van der Waals surface area contributed by atoms with Crippen LogP contribution in [0.5, 0.6) is 0 Å². The van der Waals surface area contributed by atoms with Crippen LogP contribution in [0.3, 0.4) is 0 Å². The SMILES string of the molecule is COCC(C)NCc1ccc2c(c1)nc(NC(=O)c1ccc(-c3cnco3)s1)n2C[C@H]1CCCN1C(=O)C(C#N)=CC(C)(C)C. The molecule has 4 aromatic rings. The van der Waals surface area contributed by atoms with Crippen LogP contribution in [0, 0.1) is 16.7 Å². The number of imidazole rings is 1. The second kappa shape index (κ2) is 13.8. The third-order valence-electron chi connectivity index (χ3n) is 7.57. The Bertz CT molecular complexity index is 1730. The maximum atomic E-state index is 13.5. The quantitative estimate of drug-likeness (QED) is 0.161. The maximum absolute atomic E-state index is 13.5. The first-order chi connectivity index (χ1) is 21.6. The Morgan fingerprint density at radius 3 is 2.82 bits per heavy atom. The van der Waals surface area contributed by atoms with Crippen molar-refractivity contribution in [3.05, 3.63) is 65.0 Å². The minimum absolute atomic E-state index is 0.151. The van der Waals surface area contributed by atoms with E-state index in [1.165, 1.54) is 17.7 Å². The highest BCUT2D eigenvalue weighted by Crippen LogP contribution is 2.30. The molecule has 236 valence electrons. The highest BCUT2D eigenvalue weighted by molar-refractivity contribution is 7.17. The predicted octanol–water partition coefficient (Wildman–Crippen LogP) is 5.62. The molecule has 2 N–H and O–H groups in total. The zero-order chi connectivity index (χ0) is 32.1. The molecular formula is C33H39N7O4S. The minimum atomic E-state index is -0.309. The molecule has 1 saturated heterocycles. The Hall–Kier alpha value is -4.31. The lowest BCUT2D eigenvalue weighted by Crippen LogP contribution is -2.39. The number of ether oxygens (including phenoxy) is 1. The summed E-state index contributed by atoms with van der Waals surface area (Å²) in [5.74, 6) is 0.432. The van der Waals surface area contributed by atoms with E-state index in [2.05, 4.69) is 28.6 Å². The largest absolute Gasteiger partial charge is 0.443 e. The summed E-state index contributed by atoms with van der Waals surface area (Å²) in [6.07, 6.45) is 6.30. The predicted molar refractivity (Wildman–Crippen MR) is 174 cm³/mol. The molecule has 45 heavy (non-hydrogen) atoms. The molecular weight excluding hydrogens is 590 g/mol. The number of carbonyl (C=O) groups is 2. The Morgan fingerprint density at radius 2 is 2.11 bits per heavy atom. The zero-order valence-corrected chi connectivity index (χ0v) is 27.1. The van der Waals surface area contributed by atoms with Gasteiger partial charge in [0.2, 0.25) is 5.95 Å². The summed E-state index contributed by atoms with van der Waals surface area (Å²) in [5.41, 5.74) is 2.47. The zero-order valence-electron chi connectivity index (χ0n) is 26.3. The van der Waals surface area contributed by atoms with Gasteiger partial charge in [0.1, 0.15) is 11.6 Å². The van der Waals surface area contributed by atoms with Crippen molar-refractivity contribution in [3.8, 4) is 16.7 Å². The van der Waals surface area contributed by atoms with Crippen LogP contribution in [0.2, 0.25) is 0 Å². The van der Waals surface area contributed by atoms with E-state index < -0.39 is 0 Å². The highest BCUT2D eigenvalue weighted by Gasteiger charge is 2.32. The number of oxazole rings is 1. The van der Waals surface area contributed by atoms with Crippen LogP contribution in [0.1, 0.15) is 55.8 Å². The van der Waals surface area contributed by atoms with Crippen LogP contribution < -0.4 is 10.6 Å². The van der Waals surface area contributed by atoms with E-state index >= 15 is 0 Å². The van der Waals surface area contributed by atoms with E-state index in [9.17, 15) is 14.9 Å². The molecule has 0 saturated carbocycles. The second-order valence-corrected chi connectivity index (χ2v) is 13.5. The van der Waals surface area contributed by atoms with Gasteiger partial charge in [-0.05, 0) is 55.0 Å². The van der Waals surface area contributed by atoms with Crippen LogP contribution in [0.15, 0.2) is 59.0 Å². The van der Waals surface area contributed by atoms with Gasteiger partial charge in [0, 0.05) is 32.8 Å². The number of aromatic nitrogens is 3. The number of nitriles is 1. The highest BCUT2D eigenvalue weighted by atomic mass is 32.1. The normalized spacial score (nSPS) is 16.2. The molecule has 1 fully saturated rings. The molecule has 3 aromatic heterocycles. The number of benzene rings is 1. The molecule has 12 heteroatoms. The fourth-order valence-corrected chi connectivity index (χ4v) is 6.35. The van der Waals surface area contributed by atoms with E-state index in [0.29, 0.717) is 42.8 Å². The van der Waals surface area contributed by atoms with Crippen molar-refractivity contribution in [2.24, 2.45) is 5.41 Å². The topological polar surface area (TPSA) is 138 Å². The summed E-state index contributed by atoms with van der Waals surface area (Å²) in [5, 5.41) is 16.3. The van der Waals surface area contributed by atoms with Gasteiger partial charge >= 0.3 is 0 Å². The Morgan fingerprint density at radius 1 is 1.29 bits per heavy atom. The van der Waals surface area contributed by atoms with Crippen molar-refractivity contribution in [3.63, 3.8) is 0 Å². The lowest BCUT2D eigenvalue weighted by atomic mass is 9.93. The molecule has 1 aliphatic rings.